The molecular weight excluding hydrogens is 246 g/mol. The highest BCUT2D eigenvalue weighted by atomic mass is 16.1. The second kappa shape index (κ2) is 4.64. The van der Waals surface area contributed by atoms with E-state index in [9.17, 15) is 4.79 Å². The molecule has 0 aliphatic carbocycles. The van der Waals surface area contributed by atoms with Crippen LogP contribution in [0.25, 0.3) is 22.0 Å². The predicted octanol–water partition coefficient (Wildman–Crippen LogP) is 4.12. The number of aromatic nitrogens is 1. The van der Waals surface area contributed by atoms with Crippen LogP contribution in [0.1, 0.15) is 16.7 Å². The SMILES string of the molecule is Cc1ccc(-c2cc(=O)[nH]c3c(C)cc(C)cc23)cc1. The molecule has 2 heteroatoms. The van der Waals surface area contributed by atoms with Gasteiger partial charge in [-0.2, -0.15) is 0 Å². The van der Waals surface area contributed by atoms with Crippen molar-refractivity contribution in [3.8, 4) is 11.1 Å². The predicted molar refractivity (Wildman–Crippen MR) is 84.2 cm³/mol. The Bertz CT molecular complexity index is 842. The lowest BCUT2D eigenvalue weighted by molar-refractivity contribution is 1.27. The molecule has 0 saturated heterocycles. The summed E-state index contributed by atoms with van der Waals surface area (Å²) in [5.41, 5.74) is 6.47. The van der Waals surface area contributed by atoms with E-state index >= 15 is 0 Å². The number of nitrogens with one attached hydrogen (secondary N) is 1. The zero-order chi connectivity index (χ0) is 14.3. The summed E-state index contributed by atoms with van der Waals surface area (Å²) in [5, 5.41) is 1.10. The van der Waals surface area contributed by atoms with Gasteiger partial charge in [0.05, 0.1) is 5.52 Å². The third-order valence-electron chi connectivity index (χ3n) is 3.66. The number of hydrogen-bond donors (Lipinski definition) is 1. The summed E-state index contributed by atoms with van der Waals surface area (Å²) in [6.45, 7) is 6.18. The Kier molecular flexibility index (Phi) is 2.94. The molecule has 2 aromatic carbocycles. The van der Waals surface area contributed by atoms with Gasteiger partial charge in [-0.3, -0.25) is 4.79 Å². The average Bonchev–Trinajstić information content (AvgIpc) is 2.40. The van der Waals surface area contributed by atoms with E-state index in [1.54, 1.807) is 6.07 Å². The Morgan fingerprint density at radius 2 is 1.55 bits per heavy atom. The van der Waals surface area contributed by atoms with Crippen LogP contribution in [-0.4, -0.2) is 4.98 Å². The van der Waals surface area contributed by atoms with Gasteiger partial charge in [0.25, 0.3) is 0 Å². The van der Waals surface area contributed by atoms with Gasteiger partial charge < -0.3 is 4.98 Å². The maximum Gasteiger partial charge on any atom is 0.249 e. The Balaban J connectivity index is 2.40. The molecule has 0 radical (unpaired) electrons. The van der Waals surface area contributed by atoms with Crippen LogP contribution in [0.15, 0.2) is 47.3 Å². The van der Waals surface area contributed by atoms with Gasteiger partial charge in [-0.1, -0.05) is 41.5 Å². The van der Waals surface area contributed by atoms with Gasteiger partial charge >= 0.3 is 0 Å². The molecule has 0 aliphatic rings. The highest BCUT2D eigenvalue weighted by molar-refractivity contribution is 5.96. The van der Waals surface area contributed by atoms with Crippen molar-refractivity contribution in [1.82, 2.24) is 4.98 Å². The number of H-pyrrole nitrogens is 1. The summed E-state index contributed by atoms with van der Waals surface area (Å²) in [6, 6.07) is 14.2. The summed E-state index contributed by atoms with van der Waals surface area (Å²) >= 11 is 0. The first kappa shape index (κ1) is 12.7. The Hall–Kier alpha value is -2.35. The van der Waals surface area contributed by atoms with Crippen molar-refractivity contribution < 1.29 is 0 Å². The molecule has 0 atom stereocenters. The van der Waals surface area contributed by atoms with Crippen molar-refractivity contribution in [2.45, 2.75) is 20.8 Å². The van der Waals surface area contributed by atoms with E-state index in [1.165, 1.54) is 11.1 Å². The third kappa shape index (κ3) is 2.14. The largest absolute Gasteiger partial charge is 0.322 e. The molecular formula is C18H17NO. The molecule has 0 amide bonds. The zero-order valence-electron chi connectivity index (χ0n) is 11.9. The van der Waals surface area contributed by atoms with Gasteiger partial charge in [0.15, 0.2) is 0 Å². The molecule has 0 unspecified atom stereocenters. The smallest absolute Gasteiger partial charge is 0.249 e. The van der Waals surface area contributed by atoms with Crippen LogP contribution >= 0.6 is 0 Å². The van der Waals surface area contributed by atoms with Crippen molar-refractivity contribution in [3.63, 3.8) is 0 Å². The van der Waals surface area contributed by atoms with Gasteiger partial charge in [-0.05, 0) is 43.5 Å². The van der Waals surface area contributed by atoms with E-state index in [0.717, 1.165) is 27.6 Å². The van der Waals surface area contributed by atoms with E-state index in [2.05, 4.69) is 55.2 Å². The lowest BCUT2D eigenvalue weighted by atomic mass is 9.97. The van der Waals surface area contributed by atoms with Crippen LogP contribution in [-0.2, 0) is 0 Å². The first-order chi connectivity index (χ1) is 9.54. The van der Waals surface area contributed by atoms with Gasteiger partial charge in [-0.25, -0.2) is 0 Å². The minimum absolute atomic E-state index is 0.0555. The minimum Gasteiger partial charge on any atom is -0.322 e. The van der Waals surface area contributed by atoms with Crippen molar-refractivity contribution >= 4 is 10.9 Å². The standard InChI is InChI=1S/C18H17NO/c1-11-4-6-14(7-5-11)15-10-17(20)19-18-13(3)8-12(2)9-16(15)18/h4-10H,1-3H3,(H,19,20). The highest BCUT2D eigenvalue weighted by Gasteiger charge is 2.08. The lowest BCUT2D eigenvalue weighted by Crippen LogP contribution is -2.06. The quantitative estimate of drug-likeness (QED) is 0.703. The van der Waals surface area contributed by atoms with Gasteiger partial charge in [0.2, 0.25) is 5.56 Å². The molecule has 0 fully saturated rings. The van der Waals surface area contributed by atoms with Crippen LogP contribution in [0.3, 0.4) is 0 Å². The number of rotatable bonds is 1. The minimum atomic E-state index is -0.0555. The second-order valence-electron chi connectivity index (χ2n) is 5.42. The fourth-order valence-corrected chi connectivity index (χ4v) is 2.69. The van der Waals surface area contributed by atoms with E-state index < -0.39 is 0 Å². The number of hydrogen-bond acceptors (Lipinski definition) is 1. The molecule has 0 aliphatic heterocycles. The molecule has 0 saturated carbocycles. The molecule has 0 spiro atoms. The third-order valence-corrected chi connectivity index (χ3v) is 3.66. The van der Waals surface area contributed by atoms with Gasteiger partial charge in [0, 0.05) is 11.5 Å². The number of fused-ring (bicyclic) bond motifs is 1. The molecule has 3 aromatic rings. The Morgan fingerprint density at radius 1 is 0.850 bits per heavy atom. The number of benzene rings is 2. The van der Waals surface area contributed by atoms with Crippen molar-refractivity contribution in [2.75, 3.05) is 0 Å². The lowest BCUT2D eigenvalue weighted by Gasteiger charge is -2.10. The molecule has 0 bridgehead atoms. The Labute approximate surface area is 118 Å². The molecule has 20 heavy (non-hydrogen) atoms. The second-order valence-corrected chi connectivity index (χ2v) is 5.42. The molecule has 1 N–H and O–H groups in total. The Morgan fingerprint density at radius 3 is 2.25 bits per heavy atom. The van der Waals surface area contributed by atoms with Crippen molar-refractivity contribution in [2.24, 2.45) is 0 Å². The van der Waals surface area contributed by atoms with Gasteiger partial charge in [-0.15, -0.1) is 0 Å². The van der Waals surface area contributed by atoms with E-state index in [-0.39, 0.29) is 5.56 Å². The van der Waals surface area contributed by atoms with Crippen molar-refractivity contribution in [1.29, 1.82) is 0 Å². The maximum absolute atomic E-state index is 11.9. The fraction of sp³-hybridized carbons (Fsp3) is 0.167. The summed E-state index contributed by atoms with van der Waals surface area (Å²) < 4.78 is 0. The highest BCUT2D eigenvalue weighted by Crippen LogP contribution is 2.28. The molecule has 1 heterocycles. The van der Waals surface area contributed by atoms with Crippen LogP contribution < -0.4 is 5.56 Å². The summed E-state index contributed by atoms with van der Waals surface area (Å²) in [5.74, 6) is 0. The summed E-state index contributed by atoms with van der Waals surface area (Å²) in [4.78, 5) is 14.9. The molecule has 3 rings (SSSR count). The van der Waals surface area contributed by atoms with E-state index in [0.29, 0.717) is 0 Å². The van der Waals surface area contributed by atoms with Crippen LogP contribution in [0.2, 0.25) is 0 Å². The number of aryl methyl sites for hydroxylation is 3. The summed E-state index contributed by atoms with van der Waals surface area (Å²) in [7, 11) is 0. The topological polar surface area (TPSA) is 32.9 Å². The monoisotopic (exact) mass is 263 g/mol. The van der Waals surface area contributed by atoms with Crippen LogP contribution in [0.5, 0.6) is 0 Å². The van der Waals surface area contributed by atoms with E-state index in [4.69, 9.17) is 0 Å². The van der Waals surface area contributed by atoms with Crippen LogP contribution in [0, 0.1) is 20.8 Å². The normalized spacial score (nSPS) is 10.9. The van der Waals surface area contributed by atoms with Gasteiger partial charge in [0.1, 0.15) is 0 Å². The van der Waals surface area contributed by atoms with E-state index in [1.807, 2.05) is 6.92 Å². The maximum atomic E-state index is 11.9. The average molecular weight is 263 g/mol. The van der Waals surface area contributed by atoms with Crippen LogP contribution in [0.4, 0.5) is 0 Å². The number of aromatic amines is 1. The first-order valence-electron chi connectivity index (χ1n) is 6.76. The fourth-order valence-electron chi connectivity index (χ4n) is 2.69. The molecule has 100 valence electrons. The van der Waals surface area contributed by atoms with Crippen molar-refractivity contribution in [3.05, 3.63) is 69.5 Å². The summed E-state index contributed by atoms with van der Waals surface area (Å²) in [6.07, 6.45) is 0. The molecule has 1 aromatic heterocycles. The zero-order valence-corrected chi connectivity index (χ0v) is 11.9. The first-order valence-corrected chi connectivity index (χ1v) is 6.76. The molecule has 2 nitrogen and oxygen atoms in total. The number of pyridine rings is 1.